The highest BCUT2D eigenvalue weighted by Crippen LogP contribution is 2.25. The van der Waals surface area contributed by atoms with Gasteiger partial charge < -0.3 is 14.3 Å². The summed E-state index contributed by atoms with van der Waals surface area (Å²) in [6, 6.07) is 13.2. The minimum absolute atomic E-state index is 0.0251. The maximum atomic E-state index is 12.6. The standard InChI is InChI=1S/C21H22BrN3O3/c22-16-8-6-15(7-9-16)20-13-17(24-28-20)21(26)23-14-18(19-5-4-12-27-19)25-10-2-1-3-11-25/h4-9,12-13,18H,1-3,10-11,14H2,(H,23,26). The number of carbonyl (C=O) groups excluding carboxylic acids is 1. The molecule has 4 rings (SSSR count). The van der Waals surface area contributed by atoms with Gasteiger partial charge in [0.25, 0.3) is 5.91 Å². The van der Waals surface area contributed by atoms with Crippen LogP contribution in [-0.4, -0.2) is 35.6 Å². The number of benzene rings is 1. The van der Waals surface area contributed by atoms with Crippen LogP contribution in [0.15, 0.2) is 62.1 Å². The molecule has 1 aliphatic rings. The van der Waals surface area contributed by atoms with Crippen molar-refractivity contribution >= 4 is 21.8 Å². The fourth-order valence-electron chi connectivity index (χ4n) is 3.53. The zero-order chi connectivity index (χ0) is 19.3. The summed E-state index contributed by atoms with van der Waals surface area (Å²) in [4.78, 5) is 15.0. The predicted octanol–water partition coefficient (Wildman–Crippen LogP) is 4.65. The lowest BCUT2D eigenvalue weighted by molar-refractivity contribution is 0.0905. The fraction of sp³-hybridized carbons (Fsp3) is 0.333. The van der Waals surface area contributed by atoms with Crippen molar-refractivity contribution in [2.75, 3.05) is 19.6 Å². The van der Waals surface area contributed by atoms with Gasteiger partial charge in [0, 0.05) is 22.6 Å². The van der Waals surface area contributed by atoms with Crippen molar-refractivity contribution in [1.82, 2.24) is 15.4 Å². The number of likely N-dealkylation sites (tertiary alicyclic amines) is 1. The number of amides is 1. The number of hydrogen-bond acceptors (Lipinski definition) is 5. The molecule has 1 aromatic carbocycles. The molecular formula is C21H22BrN3O3. The van der Waals surface area contributed by atoms with E-state index in [-0.39, 0.29) is 17.6 Å². The Balaban J connectivity index is 1.43. The van der Waals surface area contributed by atoms with E-state index in [1.165, 1.54) is 19.3 Å². The Labute approximate surface area is 172 Å². The number of rotatable bonds is 6. The lowest BCUT2D eigenvalue weighted by Gasteiger charge is -2.33. The second-order valence-electron chi connectivity index (χ2n) is 6.92. The Bertz CT molecular complexity index is 899. The van der Waals surface area contributed by atoms with E-state index in [9.17, 15) is 4.79 Å². The van der Waals surface area contributed by atoms with Crippen LogP contribution in [0, 0.1) is 0 Å². The largest absolute Gasteiger partial charge is 0.468 e. The van der Waals surface area contributed by atoms with Crippen molar-refractivity contribution in [1.29, 1.82) is 0 Å². The van der Waals surface area contributed by atoms with Gasteiger partial charge >= 0.3 is 0 Å². The van der Waals surface area contributed by atoms with Gasteiger partial charge in [-0.1, -0.05) is 39.6 Å². The second-order valence-corrected chi connectivity index (χ2v) is 7.84. The van der Waals surface area contributed by atoms with Crippen molar-refractivity contribution in [2.45, 2.75) is 25.3 Å². The van der Waals surface area contributed by atoms with Gasteiger partial charge in [-0.3, -0.25) is 9.69 Å². The number of nitrogens with zero attached hydrogens (tertiary/aromatic N) is 2. The first-order valence-electron chi connectivity index (χ1n) is 9.49. The molecule has 6 nitrogen and oxygen atoms in total. The molecule has 1 unspecified atom stereocenters. The summed E-state index contributed by atoms with van der Waals surface area (Å²) in [7, 11) is 0. The molecule has 0 aliphatic carbocycles. The topological polar surface area (TPSA) is 71.5 Å². The Hall–Kier alpha value is -2.38. The molecule has 1 atom stereocenters. The highest BCUT2D eigenvalue weighted by molar-refractivity contribution is 9.10. The summed E-state index contributed by atoms with van der Waals surface area (Å²) >= 11 is 3.41. The van der Waals surface area contributed by atoms with E-state index in [4.69, 9.17) is 8.94 Å². The van der Waals surface area contributed by atoms with Gasteiger partial charge in [0.2, 0.25) is 0 Å². The Kier molecular flexibility index (Phi) is 5.92. The zero-order valence-electron chi connectivity index (χ0n) is 15.4. The molecule has 2 aromatic heterocycles. The fourth-order valence-corrected chi connectivity index (χ4v) is 3.80. The van der Waals surface area contributed by atoms with Gasteiger partial charge in [-0.25, -0.2) is 0 Å². The molecule has 0 bridgehead atoms. The first kappa shape index (κ1) is 19.0. The predicted molar refractivity (Wildman–Crippen MR) is 109 cm³/mol. The van der Waals surface area contributed by atoms with Gasteiger partial charge in [-0.05, 0) is 50.2 Å². The Morgan fingerprint density at radius 2 is 1.96 bits per heavy atom. The Morgan fingerprint density at radius 1 is 1.18 bits per heavy atom. The highest BCUT2D eigenvalue weighted by Gasteiger charge is 2.25. The third-order valence-electron chi connectivity index (χ3n) is 5.03. The van der Waals surface area contributed by atoms with Crippen LogP contribution >= 0.6 is 15.9 Å². The number of furan rings is 1. The monoisotopic (exact) mass is 443 g/mol. The van der Waals surface area contributed by atoms with Crippen LogP contribution in [0.25, 0.3) is 11.3 Å². The van der Waals surface area contributed by atoms with Crippen LogP contribution in [0.4, 0.5) is 0 Å². The van der Waals surface area contributed by atoms with Gasteiger partial charge in [0.1, 0.15) is 5.76 Å². The highest BCUT2D eigenvalue weighted by atomic mass is 79.9. The maximum absolute atomic E-state index is 12.6. The second kappa shape index (κ2) is 8.75. The molecule has 28 heavy (non-hydrogen) atoms. The van der Waals surface area contributed by atoms with E-state index >= 15 is 0 Å². The third-order valence-corrected chi connectivity index (χ3v) is 5.56. The maximum Gasteiger partial charge on any atom is 0.273 e. The minimum atomic E-state index is -0.249. The molecule has 1 fully saturated rings. The third kappa shape index (κ3) is 4.36. The molecule has 0 radical (unpaired) electrons. The molecule has 0 spiro atoms. The van der Waals surface area contributed by atoms with Crippen LogP contribution in [0.1, 0.15) is 41.6 Å². The van der Waals surface area contributed by atoms with E-state index in [1.54, 1.807) is 12.3 Å². The number of carbonyl (C=O) groups is 1. The van der Waals surface area contributed by atoms with E-state index in [0.717, 1.165) is 28.9 Å². The van der Waals surface area contributed by atoms with Crippen LogP contribution < -0.4 is 5.32 Å². The molecule has 146 valence electrons. The number of nitrogens with one attached hydrogen (secondary N) is 1. The number of halogens is 1. The summed E-state index contributed by atoms with van der Waals surface area (Å²) in [5.41, 5.74) is 1.14. The molecule has 1 saturated heterocycles. The first-order chi connectivity index (χ1) is 13.7. The summed E-state index contributed by atoms with van der Waals surface area (Å²) in [6.45, 7) is 2.49. The van der Waals surface area contributed by atoms with Gasteiger partial charge in [-0.2, -0.15) is 0 Å². The van der Waals surface area contributed by atoms with Gasteiger partial charge in [-0.15, -0.1) is 0 Å². The molecule has 3 aromatic rings. The van der Waals surface area contributed by atoms with E-state index in [0.29, 0.717) is 12.3 Å². The number of piperidine rings is 1. The minimum Gasteiger partial charge on any atom is -0.468 e. The van der Waals surface area contributed by atoms with Gasteiger partial charge in [0.05, 0.1) is 12.3 Å². The summed E-state index contributed by atoms with van der Waals surface area (Å²) in [5.74, 6) is 1.19. The molecule has 1 amide bonds. The normalized spacial score (nSPS) is 16.0. The van der Waals surface area contributed by atoms with Crippen molar-refractivity contribution < 1.29 is 13.7 Å². The lowest BCUT2D eigenvalue weighted by Crippen LogP contribution is -2.40. The number of hydrogen-bond donors (Lipinski definition) is 1. The van der Waals surface area contributed by atoms with E-state index < -0.39 is 0 Å². The Morgan fingerprint density at radius 3 is 2.68 bits per heavy atom. The van der Waals surface area contributed by atoms with Crippen molar-refractivity contribution in [3.05, 3.63) is 64.7 Å². The van der Waals surface area contributed by atoms with Crippen molar-refractivity contribution in [3.8, 4) is 11.3 Å². The molecule has 1 N–H and O–H groups in total. The quantitative estimate of drug-likeness (QED) is 0.599. The number of aromatic nitrogens is 1. The van der Waals surface area contributed by atoms with Crippen molar-refractivity contribution in [2.24, 2.45) is 0 Å². The molecular weight excluding hydrogens is 422 g/mol. The smallest absolute Gasteiger partial charge is 0.273 e. The van der Waals surface area contributed by atoms with Crippen LogP contribution in [-0.2, 0) is 0 Å². The average molecular weight is 444 g/mol. The van der Waals surface area contributed by atoms with E-state index in [1.807, 2.05) is 36.4 Å². The van der Waals surface area contributed by atoms with Crippen molar-refractivity contribution in [3.63, 3.8) is 0 Å². The van der Waals surface area contributed by atoms with Gasteiger partial charge in [0.15, 0.2) is 11.5 Å². The summed E-state index contributed by atoms with van der Waals surface area (Å²) in [6.07, 6.45) is 5.28. The van der Waals surface area contributed by atoms with Crippen LogP contribution in [0.3, 0.4) is 0 Å². The SMILES string of the molecule is O=C(NCC(c1ccco1)N1CCCCC1)c1cc(-c2ccc(Br)cc2)on1. The first-order valence-corrected chi connectivity index (χ1v) is 10.3. The van der Waals surface area contributed by atoms with Crippen LogP contribution in [0.5, 0.6) is 0 Å². The average Bonchev–Trinajstić information content (AvgIpc) is 3.42. The van der Waals surface area contributed by atoms with Crippen LogP contribution in [0.2, 0.25) is 0 Å². The summed E-state index contributed by atoms with van der Waals surface area (Å²) < 4.78 is 12.0. The zero-order valence-corrected chi connectivity index (χ0v) is 17.0. The summed E-state index contributed by atoms with van der Waals surface area (Å²) in [5, 5.41) is 6.92. The lowest BCUT2D eigenvalue weighted by atomic mass is 10.1. The molecule has 3 heterocycles. The van der Waals surface area contributed by atoms with E-state index in [2.05, 4.69) is 31.3 Å². The molecule has 0 saturated carbocycles. The molecule has 7 heteroatoms. The molecule has 1 aliphatic heterocycles.